The van der Waals surface area contributed by atoms with E-state index in [1.54, 1.807) is 11.3 Å². The molecule has 0 saturated carbocycles. The maximum Gasteiger partial charge on any atom is 0.251 e. The summed E-state index contributed by atoms with van der Waals surface area (Å²) in [5.74, 6) is 1.15. The lowest BCUT2D eigenvalue weighted by atomic mass is 10.00. The summed E-state index contributed by atoms with van der Waals surface area (Å²) in [6, 6.07) is 12.8. The van der Waals surface area contributed by atoms with Gasteiger partial charge in [-0.05, 0) is 78.7 Å². The Bertz CT molecular complexity index is 1080. The number of carbonyl (C=O) groups excluding carboxylic acids is 1. The molecular formula is C24H26N2O4S. The van der Waals surface area contributed by atoms with Gasteiger partial charge < -0.3 is 24.8 Å². The molecule has 1 aromatic heterocycles. The van der Waals surface area contributed by atoms with Gasteiger partial charge in [-0.25, -0.2) is 0 Å². The second-order valence-electron chi connectivity index (χ2n) is 8.11. The van der Waals surface area contributed by atoms with Crippen molar-refractivity contribution in [2.45, 2.75) is 25.0 Å². The first kappa shape index (κ1) is 20.3. The average molecular weight is 439 g/mol. The van der Waals surface area contributed by atoms with Crippen LogP contribution in [0.2, 0.25) is 0 Å². The number of amides is 1. The van der Waals surface area contributed by atoms with Crippen LogP contribution in [0.3, 0.4) is 0 Å². The molecule has 0 bridgehead atoms. The van der Waals surface area contributed by atoms with Crippen LogP contribution in [0.25, 0.3) is 10.1 Å². The Morgan fingerprint density at radius 3 is 2.71 bits per heavy atom. The number of hydrogen-bond acceptors (Lipinski definition) is 6. The summed E-state index contributed by atoms with van der Waals surface area (Å²) >= 11 is 1.66. The van der Waals surface area contributed by atoms with Gasteiger partial charge in [0.25, 0.3) is 5.91 Å². The topological polar surface area (TPSA) is 71.0 Å². The van der Waals surface area contributed by atoms with Crippen LogP contribution in [0.15, 0.2) is 47.8 Å². The minimum absolute atomic E-state index is 0.172. The molecule has 2 aliphatic heterocycles. The zero-order valence-corrected chi connectivity index (χ0v) is 18.1. The Morgan fingerprint density at radius 2 is 1.87 bits per heavy atom. The summed E-state index contributed by atoms with van der Waals surface area (Å²) in [6.45, 7) is 3.59. The lowest BCUT2D eigenvalue weighted by Gasteiger charge is -2.29. The third-order valence-electron chi connectivity index (χ3n) is 5.97. The summed E-state index contributed by atoms with van der Waals surface area (Å²) in [4.78, 5) is 15.4. The van der Waals surface area contributed by atoms with E-state index < -0.39 is 12.1 Å². The van der Waals surface area contributed by atoms with Gasteiger partial charge in [0.05, 0.1) is 6.04 Å². The first-order chi connectivity index (χ1) is 15.2. The predicted molar refractivity (Wildman–Crippen MR) is 121 cm³/mol. The highest BCUT2D eigenvalue weighted by Crippen LogP contribution is 2.33. The Balaban J connectivity index is 1.38. The number of ether oxygens (including phenoxy) is 2. The normalized spacial score (nSPS) is 18.1. The lowest BCUT2D eigenvalue weighted by Crippen LogP contribution is -2.46. The molecule has 3 aromatic rings. The Morgan fingerprint density at radius 1 is 1.06 bits per heavy atom. The van der Waals surface area contributed by atoms with Crippen molar-refractivity contribution in [3.8, 4) is 11.5 Å². The molecule has 1 saturated heterocycles. The van der Waals surface area contributed by atoms with Crippen molar-refractivity contribution in [3.05, 3.63) is 59.0 Å². The maximum absolute atomic E-state index is 13.1. The highest BCUT2D eigenvalue weighted by Gasteiger charge is 2.28. The summed E-state index contributed by atoms with van der Waals surface area (Å²) in [6.07, 6.45) is 1.44. The smallest absolute Gasteiger partial charge is 0.251 e. The number of fused-ring (bicyclic) bond motifs is 2. The molecule has 162 valence electrons. The lowest BCUT2D eigenvalue weighted by molar-refractivity contribution is 0.0771. The van der Waals surface area contributed by atoms with Crippen molar-refractivity contribution in [1.82, 2.24) is 10.2 Å². The highest BCUT2D eigenvalue weighted by molar-refractivity contribution is 7.17. The monoisotopic (exact) mass is 438 g/mol. The fraction of sp³-hybridized carbons (Fsp3) is 0.375. The van der Waals surface area contributed by atoms with Crippen LogP contribution in [0.5, 0.6) is 11.5 Å². The Labute approximate surface area is 185 Å². The van der Waals surface area contributed by atoms with Crippen LogP contribution in [-0.4, -0.2) is 54.8 Å². The molecule has 2 N–H and O–H groups in total. The van der Waals surface area contributed by atoms with Gasteiger partial charge in [0.15, 0.2) is 11.5 Å². The summed E-state index contributed by atoms with van der Waals surface area (Å²) in [5.41, 5.74) is 1.31. The predicted octanol–water partition coefficient (Wildman–Crippen LogP) is 3.60. The molecule has 31 heavy (non-hydrogen) atoms. The largest absolute Gasteiger partial charge is 0.486 e. The molecule has 0 aliphatic carbocycles. The second-order valence-corrected chi connectivity index (χ2v) is 9.06. The van der Waals surface area contributed by atoms with Gasteiger partial charge >= 0.3 is 0 Å². The van der Waals surface area contributed by atoms with Crippen LogP contribution in [-0.2, 0) is 0 Å². The fourth-order valence-corrected chi connectivity index (χ4v) is 5.07. The highest BCUT2D eigenvalue weighted by atomic mass is 32.1. The molecule has 7 heteroatoms. The van der Waals surface area contributed by atoms with E-state index in [2.05, 4.69) is 10.2 Å². The fourth-order valence-electron chi connectivity index (χ4n) is 4.30. The SMILES string of the molecule is O=C(N[C@H](CN1CCCC1)[C@H](O)c1ccc2c(c1)OCCO2)c1ccc2sccc2c1. The number of rotatable bonds is 6. The molecule has 0 spiro atoms. The molecule has 2 aromatic carbocycles. The number of carbonyl (C=O) groups is 1. The number of likely N-dealkylation sites (tertiary alicyclic amines) is 1. The summed E-state index contributed by atoms with van der Waals surface area (Å²) < 4.78 is 12.4. The quantitative estimate of drug-likeness (QED) is 0.615. The van der Waals surface area contributed by atoms with E-state index in [1.165, 1.54) is 0 Å². The molecule has 2 atom stereocenters. The van der Waals surface area contributed by atoms with E-state index in [1.807, 2.05) is 47.8 Å². The van der Waals surface area contributed by atoms with Gasteiger partial charge in [-0.15, -0.1) is 11.3 Å². The standard InChI is InChI=1S/C24H26N2O4S/c27-23(17-3-5-20-21(14-17)30-11-10-29-20)19(15-26-8-1-2-9-26)25-24(28)18-4-6-22-16(13-18)7-12-31-22/h3-7,12-14,19,23,27H,1-2,8-11,15H2,(H,25,28)/t19-,23-/m1/s1. The van der Waals surface area contributed by atoms with Crippen LogP contribution in [0.1, 0.15) is 34.9 Å². The van der Waals surface area contributed by atoms with Crippen LogP contribution in [0.4, 0.5) is 0 Å². The number of nitrogens with zero attached hydrogens (tertiary/aromatic N) is 1. The molecule has 6 nitrogen and oxygen atoms in total. The van der Waals surface area contributed by atoms with Gasteiger partial charge in [0, 0.05) is 16.8 Å². The third-order valence-corrected chi connectivity index (χ3v) is 6.87. The number of aliphatic hydroxyl groups excluding tert-OH is 1. The van der Waals surface area contributed by atoms with Crippen molar-refractivity contribution in [1.29, 1.82) is 0 Å². The van der Waals surface area contributed by atoms with Crippen LogP contribution in [0, 0.1) is 0 Å². The van der Waals surface area contributed by atoms with Crippen LogP contribution < -0.4 is 14.8 Å². The first-order valence-electron chi connectivity index (χ1n) is 10.8. The Kier molecular flexibility index (Phi) is 5.80. The van der Waals surface area contributed by atoms with E-state index in [0.29, 0.717) is 42.4 Å². The van der Waals surface area contributed by atoms with Gasteiger partial charge in [0.1, 0.15) is 19.3 Å². The second kappa shape index (κ2) is 8.86. The van der Waals surface area contributed by atoms with E-state index in [9.17, 15) is 9.90 Å². The van der Waals surface area contributed by atoms with Crippen molar-refractivity contribution >= 4 is 27.3 Å². The van der Waals surface area contributed by atoms with Crippen molar-refractivity contribution < 1.29 is 19.4 Å². The number of hydrogen-bond donors (Lipinski definition) is 2. The summed E-state index contributed by atoms with van der Waals surface area (Å²) in [5, 5.41) is 17.4. The number of nitrogens with one attached hydrogen (secondary N) is 1. The zero-order chi connectivity index (χ0) is 21.2. The number of benzene rings is 2. The molecule has 2 aliphatic rings. The Hall–Kier alpha value is -2.61. The van der Waals surface area contributed by atoms with Crippen LogP contribution >= 0.6 is 11.3 Å². The average Bonchev–Trinajstić information content (AvgIpc) is 3.49. The maximum atomic E-state index is 13.1. The zero-order valence-electron chi connectivity index (χ0n) is 17.3. The molecule has 0 radical (unpaired) electrons. The van der Waals surface area contributed by atoms with Gasteiger partial charge in [-0.3, -0.25) is 4.79 Å². The first-order valence-corrected chi connectivity index (χ1v) is 11.6. The van der Waals surface area contributed by atoms with Gasteiger partial charge in [-0.1, -0.05) is 6.07 Å². The molecular weight excluding hydrogens is 412 g/mol. The van der Waals surface area contributed by atoms with Gasteiger partial charge in [0.2, 0.25) is 0 Å². The van der Waals surface area contributed by atoms with E-state index >= 15 is 0 Å². The van der Waals surface area contributed by atoms with E-state index in [-0.39, 0.29) is 5.91 Å². The van der Waals surface area contributed by atoms with E-state index in [4.69, 9.17) is 9.47 Å². The molecule has 3 heterocycles. The third kappa shape index (κ3) is 4.39. The minimum atomic E-state index is -0.856. The van der Waals surface area contributed by atoms with Crippen molar-refractivity contribution in [3.63, 3.8) is 0 Å². The van der Waals surface area contributed by atoms with Gasteiger partial charge in [-0.2, -0.15) is 0 Å². The molecule has 1 fully saturated rings. The van der Waals surface area contributed by atoms with Crippen molar-refractivity contribution in [2.75, 3.05) is 32.8 Å². The number of thiophene rings is 1. The van der Waals surface area contributed by atoms with E-state index in [0.717, 1.165) is 36.0 Å². The van der Waals surface area contributed by atoms with Crippen molar-refractivity contribution in [2.24, 2.45) is 0 Å². The molecule has 0 unspecified atom stereocenters. The minimum Gasteiger partial charge on any atom is -0.486 e. The molecule has 5 rings (SSSR count). The molecule has 1 amide bonds. The number of aliphatic hydroxyl groups is 1. The summed E-state index contributed by atoms with van der Waals surface area (Å²) in [7, 11) is 0.